The zero-order valence-electron chi connectivity index (χ0n) is 14.6. The second-order valence-electron chi connectivity index (χ2n) is 6.15. The van der Waals surface area contributed by atoms with Gasteiger partial charge in [0.2, 0.25) is 0 Å². The molecule has 0 spiro atoms. The van der Waals surface area contributed by atoms with E-state index in [1.807, 2.05) is 19.9 Å². The number of rotatable bonds is 6. The van der Waals surface area contributed by atoms with E-state index >= 15 is 0 Å². The molecule has 0 aliphatic heterocycles. The third-order valence-electron chi connectivity index (χ3n) is 4.12. The van der Waals surface area contributed by atoms with Gasteiger partial charge in [0.1, 0.15) is 11.6 Å². The molecular formula is C18H25FIN5. The zero-order valence-corrected chi connectivity index (χ0v) is 17.0. The summed E-state index contributed by atoms with van der Waals surface area (Å²) in [6.07, 6.45) is 6.03. The lowest BCUT2D eigenvalue weighted by atomic mass is 10.2. The summed E-state index contributed by atoms with van der Waals surface area (Å²) in [5.74, 6) is 2.07. The van der Waals surface area contributed by atoms with Gasteiger partial charge in [0.05, 0.1) is 12.2 Å². The molecule has 25 heavy (non-hydrogen) atoms. The van der Waals surface area contributed by atoms with E-state index in [9.17, 15) is 4.39 Å². The van der Waals surface area contributed by atoms with Gasteiger partial charge in [0.25, 0.3) is 0 Å². The number of hydrogen-bond acceptors (Lipinski definition) is 2. The van der Waals surface area contributed by atoms with Gasteiger partial charge in [0.15, 0.2) is 5.96 Å². The molecule has 0 saturated heterocycles. The van der Waals surface area contributed by atoms with E-state index < -0.39 is 0 Å². The molecule has 1 aromatic carbocycles. The van der Waals surface area contributed by atoms with E-state index in [0.29, 0.717) is 12.2 Å². The Morgan fingerprint density at radius 2 is 2.16 bits per heavy atom. The van der Waals surface area contributed by atoms with Gasteiger partial charge in [-0.1, -0.05) is 6.07 Å². The Bertz CT molecular complexity index is 724. The van der Waals surface area contributed by atoms with Gasteiger partial charge < -0.3 is 15.2 Å². The second kappa shape index (κ2) is 9.17. The number of guanidine groups is 1. The minimum Gasteiger partial charge on any atom is -0.357 e. The molecule has 0 radical (unpaired) electrons. The molecule has 5 nitrogen and oxygen atoms in total. The second-order valence-corrected chi connectivity index (χ2v) is 6.15. The first-order valence-corrected chi connectivity index (χ1v) is 8.48. The fourth-order valence-corrected chi connectivity index (χ4v) is 2.55. The van der Waals surface area contributed by atoms with Crippen LogP contribution in [0, 0.1) is 18.7 Å². The summed E-state index contributed by atoms with van der Waals surface area (Å²) < 4.78 is 16.1. The standard InChI is InChI=1S/C18H24FN5.HI/c1-3-20-18(22-11-14-4-5-14)23-12-15-6-7-17(16(19)10-15)24-9-8-21-13(24)2;/h6-10,14H,3-5,11-12H2,1-2H3,(H2,20,22,23);1H. The highest BCUT2D eigenvalue weighted by molar-refractivity contribution is 14.0. The van der Waals surface area contributed by atoms with Gasteiger partial charge in [0, 0.05) is 25.5 Å². The molecule has 1 aliphatic carbocycles. The number of aliphatic imine (C=N–C) groups is 1. The van der Waals surface area contributed by atoms with Crippen LogP contribution < -0.4 is 10.6 Å². The maximum atomic E-state index is 14.4. The number of hydrogen-bond donors (Lipinski definition) is 2. The predicted molar refractivity (Wildman–Crippen MR) is 109 cm³/mol. The van der Waals surface area contributed by atoms with Crippen LogP contribution in [-0.2, 0) is 6.54 Å². The Labute approximate surface area is 165 Å². The molecule has 2 N–H and O–H groups in total. The van der Waals surface area contributed by atoms with E-state index in [1.54, 1.807) is 29.1 Å². The van der Waals surface area contributed by atoms with Crippen LogP contribution in [0.25, 0.3) is 5.69 Å². The smallest absolute Gasteiger partial charge is 0.191 e. The summed E-state index contributed by atoms with van der Waals surface area (Å²) in [4.78, 5) is 8.68. The maximum absolute atomic E-state index is 14.4. The van der Waals surface area contributed by atoms with Gasteiger partial charge in [-0.3, -0.25) is 0 Å². The van der Waals surface area contributed by atoms with E-state index in [0.717, 1.165) is 36.4 Å². The molecule has 1 saturated carbocycles. The van der Waals surface area contributed by atoms with Crippen LogP contribution in [0.3, 0.4) is 0 Å². The van der Waals surface area contributed by atoms with Crippen molar-refractivity contribution in [3.05, 3.63) is 47.8 Å². The lowest BCUT2D eigenvalue weighted by Gasteiger charge is -2.11. The van der Waals surface area contributed by atoms with Crippen molar-refractivity contribution in [2.24, 2.45) is 10.9 Å². The van der Waals surface area contributed by atoms with Gasteiger partial charge in [-0.15, -0.1) is 24.0 Å². The van der Waals surface area contributed by atoms with Crippen molar-refractivity contribution in [1.82, 2.24) is 20.2 Å². The Morgan fingerprint density at radius 1 is 1.36 bits per heavy atom. The molecule has 1 heterocycles. The first-order valence-electron chi connectivity index (χ1n) is 8.48. The van der Waals surface area contributed by atoms with Gasteiger partial charge in [-0.05, 0) is 50.3 Å². The Morgan fingerprint density at radius 3 is 2.76 bits per heavy atom. The number of aryl methyl sites for hydroxylation is 1. The zero-order chi connectivity index (χ0) is 16.9. The molecule has 3 rings (SSSR count). The number of benzene rings is 1. The van der Waals surface area contributed by atoms with E-state index in [2.05, 4.69) is 20.6 Å². The number of nitrogens with one attached hydrogen (secondary N) is 2. The van der Waals surface area contributed by atoms with Gasteiger partial charge >= 0.3 is 0 Å². The molecule has 0 amide bonds. The summed E-state index contributed by atoms with van der Waals surface area (Å²) in [6.45, 7) is 6.10. The van der Waals surface area contributed by atoms with E-state index in [-0.39, 0.29) is 29.8 Å². The number of halogens is 2. The fourth-order valence-electron chi connectivity index (χ4n) is 2.55. The summed E-state index contributed by atoms with van der Waals surface area (Å²) >= 11 is 0. The third kappa shape index (κ3) is 5.42. The topological polar surface area (TPSA) is 54.2 Å². The van der Waals surface area contributed by atoms with E-state index in [4.69, 9.17) is 0 Å². The Hall–Kier alpha value is -1.64. The average molecular weight is 457 g/mol. The van der Waals surface area contributed by atoms with Crippen LogP contribution in [0.15, 0.2) is 35.6 Å². The largest absolute Gasteiger partial charge is 0.357 e. The van der Waals surface area contributed by atoms with Crippen molar-refractivity contribution in [2.75, 3.05) is 13.1 Å². The van der Waals surface area contributed by atoms with Crippen molar-refractivity contribution in [1.29, 1.82) is 0 Å². The Balaban J connectivity index is 0.00000225. The van der Waals surface area contributed by atoms with Gasteiger partial charge in [-0.2, -0.15) is 0 Å². The normalized spacial score (nSPS) is 14.1. The molecule has 0 bridgehead atoms. The number of imidazole rings is 1. The van der Waals surface area contributed by atoms with Crippen molar-refractivity contribution < 1.29 is 4.39 Å². The number of aromatic nitrogens is 2. The highest BCUT2D eigenvalue weighted by Gasteiger charge is 2.21. The maximum Gasteiger partial charge on any atom is 0.191 e. The Kier molecular flexibility index (Phi) is 7.22. The third-order valence-corrected chi connectivity index (χ3v) is 4.12. The molecule has 1 aliphatic rings. The predicted octanol–water partition coefficient (Wildman–Crippen LogP) is 3.40. The minimum atomic E-state index is -0.264. The van der Waals surface area contributed by atoms with Gasteiger partial charge in [-0.25, -0.2) is 14.4 Å². The summed E-state index contributed by atoms with van der Waals surface area (Å²) in [5.41, 5.74) is 1.36. The molecular weight excluding hydrogens is 432 g/mol. The van der Waals surface area contributed by atoms with Crippen molar-refractivity contribution >= 4 is 29.9 Å². The SMILES string of the molecule is CCNC(=NCc1ccc(-n2ccnc2C)c(F)c1)NCC1CC1.I. The van der Waals surface area contributed by atoms with E-state index in [1.165, 1.54) is 12.8 Å². The summed E-state index contributed by atoms with van der Waals surface area (Å²) in [7, 11) is 0. The fraction of sp³-hybridized carbons (Fsp3) is 0.444. The number of nitrogens with zero attached hydrogens (tertiary/aromatic N) is 3. The van der Waals surface area contributed by atoms with Crippen molar-refractivity contribution in [3.63, 3.8) is 0 Å². The van der Waals surface area contributed by atoms with Crippen LogP contribution in [0.2, 0.25) is 0 Å². The lowest BCUT2D eigenvalue weighted by Crippen LogP contribution is -2.38. The molecule has 7 heteroatoms. The van der Waals surface area contributed by atoms with Crippen LogP contribution in [0.5, 0.6) is 0 Å². The van der Waals surface area contributed by atoms with Crippen LogP contribution >= 0.6 is 24.0 Å². The van der Waals surface area contributed by atoms with Crippen molar-refractivity contribution in [3.8, 4) is 5.69 Å². The lowest BCUT2D eigenvalue weighted by molar-refractivity contribution is 0.614. The first-order chi connectivity index (χ1) is 11.7. The molecule has 1 aromatic heterocycles. The summed E-state index contributed by atoms with van der Waals surface area (Å²) in [6, 6.07) is 5.23. The highest BCUT2D eigenvalue weighted by atomic mass is 127. The first kappa shape index (κ1) is 19.7. The molecule has 1 fully saturated rings. The van der Waals surface area contributed by atoms with Crippen LogP contribution in [0.1, 0.15) is 31.2 Å². The average Bonchev–Trinajstić information content (AvgIpc) is 3.31. The monoisotopic (exact) mass is 457 g/mol. The quantitative estimate of drug-likeness (QED) is 0.397. The minimum absolute atomic E-state index is 0. The highest BCUT2D eigenvalue weighted by Crippen LogP contribution is 2.27. The van der Waals surface area contributed by atoms with Crippen LogP contribution in [-0.4, -0.2) is 28.6 Å². The molecule has 136 valence electrons. The molecule has 0 atom stereocenters. The molecule has 0 unspecified atom stereocenters. The van der Waals surface area contributed by atoms with Crippen LogP contribution in [0.4, 0.5) is 4.39 Å². The van der Waals surface area contributed by atoms with Crippen molar-refractivity contribution in [2.45, 2.75) is 33.2 Å². The summed E-state index contributed by atoms with van der Waals surface area (Å²) in [5, 5.41) is 6.57. The molecule has 2 aromatic rings.